The van der Waals surface area contributed by atoms with Gasteiger partial charge in [-0.05, 0) is 6.07 Å². The molecule has 80 valence electrons. The molecule has 1 aliphatic heterocycles. The molecule has 15 heavy (non-hydrogen) atoms. The number of nitrogens with one attached hydrogen (secondary N) is 1. The molecular weight excluding hydrogens is 203 g/mol. The number of rotatable bonds is 2. The van der Waals surface area contributed by atoms with E-state index in [0.29, 0.717) is 0 Å². The van der Waals surface area contributed by atoms with Gasteiger partial charge in [0, 0.05) is 30.8 Å². The summed E-state index contributed by atoms with van der Waals surface area (Å²) in [5.41, 5.74) is -1.54. The molecule has 1 aromatic rings. The summed E-state index contributed by atoms with van der Waals surface area (Å²) in [5, 5.41) is 23.1. The van der Waals surface area contributed by atoms with Crippen molar-refractivity contribution in [3.63, 3.8) is 0 Å². The highest BCUT2D eigenvalue weighted by Gasteiger charge is 2.39. The summed E-state index contributed by atoms with van der Waals surface area (Å²) in [7, 11) is 0. The summed E-state index contributed by atoms with van der Waals surface area (Å²) in [5.74, 6) is -0.621. The molecule has 1 aromatic carbocycles. The summed E-state index contributed by atoms with van der Waals surface area (Å²) >= 11 is 0. The molecule has 1 heterocycles. The number of hydrogen-bond acceptors (Lipinski definition) is 4. The zero-order valence-corrected chi connectivity index (χ0v) is 7.74. The van der Waals surface area contributed by atoms with E-state index in [9.17, 15) is 19.6 Å². The Kier molecular flexibility index (Phi) is 2.17. The molecule has 1 saturated heterocycles. The SMILES string of the molecule is O=[N+]([O-])c1ccc(F)c(C2(O)CNC2)c1. The maximum atomic E-state index is 13.3. The average molecular weight is 212 g/mol. The zero-order valence-electron chi connectivity index (χ0n) is 7.74. The van der Waals surface area contributed by atoms with Crippen molar-refractivity contribution in [2.24, 2.45) is 0 Å². The topological polar surface area (TPSA) is 75.4 Å². The van der Waals surface area contributed by atoms with Crippen molar-refractivity contribution in [3.8, 4) is 0 Å². The Labute approximate surface area is 84.7 Å². The quantitative estimate of drug-likeness (QED) is 0.553. The Morgan fingerprint density at radius 2 is 2.20 bits per heavy atom. The summed E-state index contributed by atoms with van der Waals surface area (Å²) in [6.07, 6.45) is 0. The number of nitro benzene ring substituents is 1. The number of halogens is 1. The van der Waals surface area contributed by atoms with E-state index in [1.54, 1.807) is 0 Å². The van der Waals surface area contributed by atoms with Gasteiger partial charge in [-0.2, -0.15) is 0 Å². The summed E-state index contributed by atoms with van der Waals surface area (Å²) < 4.78 is 13.3. The van der Waals surface area contributed by atoms with E-state index in [-0.39, 0.29) is 24.3 Å². The minimum absolute atomic E-state index is 0.0181. The second kappa shape index (κ2) is 3.25. The minimum Gasteiger partial charge on any atom is -0.382 e. The fraction of sp³-hybridized carbons (Fsp3) is 0.333. The highest BCUT2D eigenvalue weighted by molar-refractivity contribution is 5.39. The van der Waals surface area contributed by atoms with Gasteiger partial charge in [-0.1, -0.05) is 0 Å². The van der Waals surface area contributed by atoms with Crippen molar-refractivity contribution >= 4 is 5.69 Å². The van der Waals surface area contributed by atoms with Gasteiger partial charge in [-0.3, -0.25) is 10.1 Å². The zero-order chi connectivity index (χ0) is 11.1. The largest absolute Gasteiger partial charge is 0.382 e. The lowest BCUT2D eigenvalue weighted by Crippen LogP contribution is -2.57. The van der Waals surface area contributed by atoms with Crippen LogP contribution in [0.3, 0.4) is 0 Å². The molecule has 1 aliphatic rings. The number of non-ortho nitro benzene ring substituents is 1. The van der Waals surface area contributed by atoms with E-state index in [2.05, 4.69) is 5.32 Å². The van der Waals surface area contributed by atoms with Gasteiger partial charge in [0.05, 0.1) is 4.92 Å². The Morgan fingerprint density at radius 1 is 1.53 bits per heavy atom. The Hall–Kier alpha value is -1.53. The van der Waals surface area contributed by atoms with Crippen LogP contribution in [0.1, 0.15) is 5.56 Å². The van der Waals surface area contributed by atoms with Gasteiger partial charge in [0.15, 0.2) is 0 Å². The number of aliphatic hydroxyl groups is 1. The molecule has 0 radical (unpaired) electrons. The molecule has 5 nitrogen and oxygen atoms in total. The van der Waals surface area contributed by atoms with Crippen LogP contribution in [0.25, 0.3) is 0 Å². The van der Waals surface area contributed by atoms with Crippen LogP contribution in [0.15, 0.2) is 18.2 Å². The minimum atomic E-state index is -1.31. The Balaban J connectivity index is 2.45. The molecule has 0 bridgehead atoms. The molecule has 0 saturated carbocycles. The van der Waals surface area contributed by atoms with Crippen LogP contribution < -0.4 is 5.32 Å². The van der Waals surface area contributed by atoms with Crippen molar-refractivity contribution < 1.29 is 14.4 Å². The van der Waals surface area contributed by atoms with Gasteiger partial charge in [0.25, 0.3) is 5.69 Å². The first kappa shape index (κ1) is 10.0. The third kappa shape index (κ3) is 1.57. The van der Waals surface area contributed by atoms with E-state index in [4.69, 9.17) is 0 Å². The van der Waals surface area contributed by atoms with Crippen LogP contribution >= 0.6 is 0 Å². The van der Waals surface area contributed by atoms with Crippen LogP contribution in [0.4, 0.5) is 10.1 Å². The van der Waals surface area contributed by atoms with Gasteiger partial charge in [-0.25, -0.2) is 4.39 Å². The lowest BCUT2D eigenvalue weighted by molar-refractivity contribution is -0.385. The van der Waals surface area contributed by atoms with Crippen molar-refractivity contribution in [1.29, 1.82) is 0 Å². The third-order valence-corrected chi connectivity index (χ3v) is 2.50. The van der Waals surface area contributed by atoms with Crippen molar-refractivity contribution in [2.75, 3.05) is 13.1 Å². The van der Waals surface area contributed by atoms with Gasteiger partial charge >= 0.3 is 0 Å². The fourth-order valence-corrected chi connectivity index (χ4v) is 1.54. The number of hydrogen-bond donors (Lipinski definition) is 2. The molecule has 0 aromatic heterocycles. The maximum Gasteiger partial charge on any atom is 0.270 e. The van der Waals surface area contributed by atoms with Crippen LogP contribution in [0.5, 0.6) is 0 Å². The first-order valence-electron chi connectivity index (χ1n) is 4.40. The molecule has 0 unspecified atom stereocenters. The first-order valence-corrected chi connectivity index (χ1v) is 4.40. The predicted molar refractivity (Wildman–Crippen MR) is 49.8 cm³/mol. The molecule has 0 amide bonds. The van der Waals surface area contributed by atoms with E-state index >= 15 is 0 Å². The Morgan fingerprint density at radius 3 is 2.67 bits per heavy atom. The molecular formula is C9H9FN2O3. The average Bonchev–Trinajstić information content (AvgIpc) is 2.14. The van der Waals surface area contributed by atoms with E-state index in [1.165, 1.54) is 0 Å². The second-order valence-electron chi connectivity index (χ2n) is 3.56. The lowest BCUT2D eigenvalue weighted by Gasteiger charge is -2.37. The monoisotopic (exact) mass is 212 g/mol. The second-order valence-corrected chi connectivity index (χ2v) is 3.56. The van der Waals surface area contributed by atoms with Crippen molar-refractivity contribution in [1.82, 2.24) is 5.32 Å². The molecule has 6 heteroatoms. The highest BCUT2D eigenvalue weighted by atomic mass is 19.1. The number of nitrogens with zero attached hydrogens (tertiary/aromatic N) is 1. The van der Waals surface area contributed by atoms with Crippen molar-refractivity contribution in [2.45, 2.75) is 5.60 Å². The number of benzene rings is 1. The molecule has 2 N–H and O–H groups in total. The molecule has 1 fully saturated rings. The predicted octanol–water partition coefficient (Wildman–Crippen LogP) is 0.525. The highest BCUT2D eigenvalue weighted by Crippen LogP contribution is 2.30. The summed E-state index contributed by atoms with van der Waals surface area (Å²) in [6, 6.07) is 3.16. The molecule has 0 atom stereocenters. The van der Waals surface area contributed by atoms with Crippen molar-refractivity contribution in [3.05, 3.63) is 39.7 Å². The van der Waals surface area contributed by atoms with E-state index in [0.717, 1.165) is 18.2 Å². The summed E-state index contributed by atoms with van der Waals surface area (Å²) in [4.78, 5) is 9.87. The van der Waals surface area contributed by atoms with Gasteiger partial charge in [0.2, 0.25) is 0 Å². The Bertz CT molecular complexity index is 418. The maximum absolute atomic E-state index is 13.3. The van der Waals surface area contributed by atoms with Gasteiger partial charge in [0.1, 0.15) is 11.4 Å². The summed E-state index contributed by atoms with van der Waals surface area (Å²) in [6.45, 7) is 0.427. The van der Waals surface area contributed by atoms with Crippen LogP contribution in [-0.4, -0.2) is 23.1 Å². The van der Waals surface area contributed by atoms with Gasteiger partial charge < -0.3 is 10.4 Å². The smallest absolute Gasteiger partial charge is 0.270 e. The van der Waals surface area contributed by atoms with Crippen LogP contribution in [-0.2, 0) is 5.60 Å². The van der Waals surface area contributed by atoms with Crippen LogP contribution in [0, 0.1) is 15.9 Å². The normalized spacial score (nSPS) is 18.3. The third-order valence-electron chi connectivity index (χ3n) is 2.50. The fourth-order valence-electron chi connectivity index (χ4n) is 1.54. The number of nitro groups is 1. The molecule has 2 rings (SSSR count). The number of β-amino-alcohol motifs (C(OH)–C–C–N with tert-alkyl or cyclic N) is 1. The van der Waals surface area contributed by atoms with E-state index in [1.807, 2.05) is 0 Å². The lowest BCUT2D eigenvalue weighted by atomic mass is 9.87. The van der Waals surface area contributed by atoms with E-state index < -0.39 is 16.3 Å². The molecule has 0 spiro atoms. The standard InChI is InChI=1S/C9H9FN2O3/c10-8-2-1-6(12(14)15)3-7(8)9(13)4-11-5-9/h1-3,11,13H,4-5H2. The molecule has 0 aliphatic carbocycles. The van der Waals surface area contributed by atoms with Gasteiger partial charge in [-0.15, -0.1) is 0 Å². The first-order chi connectivity index (χ1) is 7.03. The van der Waals surface area contributed by atoms with Crippen LogP contribution in [0.2, 0.25) is 0 Å².